The Morgan fingerprint density at radius 2 is 2.06 bits per heavy atom. The number of aryl methyl sites for hydroxylation is 3. The van der Waals surface area contributed by atoms with Crippen LogP contribution in [0.15, 0.2) is 40.6 Å². The van der Waals surface area contributed by atoms with Gasteiger partial charge in [0.15, 0.2) is 0 Å². The van der Waals surface area contributed by atoms with Crippen molar-refractivity contribution in [2.45, 2.75) is 26.2 Å². The molecule has 4 heterocycles. The van der Waals surface area contributed by atoms with Crippen LogP contribution in [0.25, 0.3) is 11.7 Å². The van der Waals surface area contributed by atoms with E-state index in [0.29, 0.717) is 37.8 Å². The molecule has 3 aromatic heterocycles. The third kappa shape index (κ3) is 4.86. The van der Waals surface area contributed by atoms with Gasteiger partial charge in [0.2, 0.25) is 0 Å². The summed E-state index contributed by atoms with van der Waals surface area (Å²) in [5.41, 5.74) is 3.04. The number of rotatable bonds is 7. The molecule has 4 rings (SSSR count). The molecule has 3 aromatic rings. The number of fused-ring (bicyclic) bond motifs is 1. The first kappa shape index (κ1) is 21.3. The number of carboxylic acids is 1. The molecule has 0 aliphatic carbocycles. The van der Waals surface area contributed by atoms with Crippen LogP contribution in [0.5, 0.6) is 0 Å². The van der Waals surface area contributed by atoms with Gasteiger partial charge < -0.3 is 14.7 Å². The molecule has 0 radical (unpaired) electrons. The van der Waals surface area contributed by atoms with E-state index in [0.717, 1.165) is 30.9 Å². The van der Waals surface area contributed by atoms with Gasteiger partial charge in [0.25, 0.3) is 5.56 Å². The third-order valence-corrected chi connectivity index (χ3v) is 6.43. The summed E-state index contributed by atoms with van der Waals surface area (Å²) in [6, 6.07) is 6.14. The number of anilines is 1. The topological polar surface area (TPSA) is 84.1 Å². The van der Waals surface area contributed by atoms with Gasteiger partial charge in [0, 0.05) is 30.2 Å². The van der Waals surface area contributed by atoms with Crippen LogP contribution in [0.2, 0.25) is 0 Å². The van der Waals surface area contributed by atoms with E-state index >= 15 is 0 Å². The standard InChI is InChI=1S/C23H25N3O4S/c1-2-16-13-18(31-15-16)4-3-17-7-8-26-20(14-17)24-22(25-9-11-30-12-10-25)19(23(26)29)5-6-21(27)28/h5-8,13-15H,2-4,9-12H2,1H3,(H,27,28). The zero-order valence-corrected chi connectivity index (χ0v) is 18.2. The Bertz CT molecular complexity index is 1180. The van der Waals surface area contributed by atoms with Crippen LogP contribution in [-0.4, -0.2) is 46.8 Å². The van der Waals surface area contributed by atoms with E-state index in [1.165, 1.54) is 20.9 Å². The minimum atomic E-state index is -1.10. The third-order valence-electron chi connectivity index (χ3n) is 5.39. The summed E-state index contributed by atoms with van der Waals surface area (Å²) in [5.74, 6) is -0.596. The lowest BCUT2D eigenvalue weighted by molar-refractivity contribution is -0.131. The molecule has 7 nitrogen and oxygen atoms in total. The van der Waals surface area contributed by atoms with Crippen molar-refractivity contribution in [3.63, 3.8) is 0 Å². The number of aliphatic carboxylic acids is 1. The summed E-state index contributed by atoms with van der Waals surface area (Å²) in [6.45, 7) is 4.46. The number of nitrogens with zero attached hydrogens (tertiary/aromatic N) is 3. The molecule has 0 spiro atoms. The SMILES string of the molecule is CCc1csc(CCc2ccn3c(=O)c(C=CC(=O)O)c(N4CCOCC4)nc3c2)c1. The van der Waals surface area contributed by atoms with E-state index in [4.69, 9.17) is 14.8 Å². The largest absolute Gasteiger partial charge is 0.478 e. The van der Waals surface area contributed by atoms with Gasteiger partial charge in [0.1, 0.15) is 11.5 Å². The number of hydrogen-bond donors (Lipinski definition) is 1. The highest BCUT2D eigenvalue weighted by atomic mass is 32.1. The maximum atomic E-state index is 13.2. The first-order valence-electron chi connectivity index (χ1n) is 10.4. The van der Waals surface area contributed by atoms with Crippen molar-refractivity contribution in [3.8, 4) is 0 Å². The van der Waals surface area contributed by atoms with E-state index in [2.05, 4.69) is 18.4 Å². The van der Waals surface area contributed by atoms with Crippen LogP contribution in [0, 0.1) is 0 Å². The molecule has 0 aromatic carbocycles. The van der Waals surface area contributed by atoms with E-state index in [-0.39, 0.29) is 11.1 Å². The molecule has 162 valence electrons. The molecule has 0 saturated carbocycles. The summed E-state index contributed by atoms with van der Waals surface area (Å²) in [7, 11) is 0. The summed E-state index contributed by atoms with van der Waals surface area (Å²) in [6.07, 6.45) is 6.90. The van der Waals surface area contributed by atoms with E-state index in [1.807, 2.05) is 17.0 Å². The Morgan fingerprint density at radius 3 is 2.77 bits per heavy atom. The van der Waals surface area contributed by atoms with Crippen LogP contribution < -0.4 is 10.5 Å². The molecule has 0 unspecified atom stereocenters. The molecule has 1 saturated heterocycles. The number of carboxylic acid groups (broad SMARTS) is 1. The number of hydrogen-bond acceptors (Lipinski definition) is 6. The van der Waals surface area contributed by atoms with Gasteiger partial charge in [-0.3, -0.25) is 9.20 Å². The fraction of sp³-hybridized carbons (Fsp3) is 0.348. The monoisotopic (exact) mass is 439 g/mol. The van der Waals surface area contributed by atoms with Crippen molar-refractivity contribution in [1.29, 1.82) is 0 Å². The van der Waals surface area contributed by atoms with Gasteiger partial charge in [0.05, 0.1) is 18.8 Å². The van der Waals surface area contributed by atoms with Crippen molar-refractivity contribution >= 4 is 34.8 Å². The normalized spacial score (nSPS) is 14.5. The molecular weight excluding hydrogens is 414 g/mol. The predicted octanol–water partition coefficient (Wildman–Crippen LogP) is 3.04. The number of ether oxygens (including phenoxy) is 1. The average Bonchev–Trinajstić information content (AvgIpc) is 3.25. The summed E-state index contributed by atoms with van der Waals surface area (Å²) in [4.78, 5) is 32.3. The summed E-state index contributed by atoms with van der Waals surface area (Å²) in [5, 5.41) is 11.2. The number of pyridine rings is 1. The molecule has 1 aliphatic heterocycles. The molecule has 0 atom stereocenters. The fourth-order valence-electron chi connectivity index (χ4n) is 3.66. The van der Waals surface area contributed by atoms with Gasteiger partial charge in [-0.1, -0.05) is 6.92 Å². The second-order valence-corrected chi connectivity index (χ2v) is 8.46. The maximum absolute atomic E-state index is 13.2. The van der Waals surface area contributed by atoms with Gasteiger partial charge >= 0.3 is 5.97 Å². The molecular formula is C23H25N3O4S. The number of morpholine rings is 1. The number of thiophene rings is 1. The lowest BCUT2D eigenvalue weighted by atomic mass is 10.1. The quantitative estimate of drug-likeness (QED) is 0.570. The summed E-state index contributed by atoms with van der Waals surface area (Å²) < 4.78 is 6.90. The van der Waals surface area contributed by atoms with E-state index in [9.17, 15) is 9.59 Å². The molecule has 1 aliphatic rings. The minimum absolute atomic E-state index is 0.276. The second kappa shape index (κ2) is 9.45. The highest BCUT2D eigenvalue weighted by Gasteiger charge is 2.19. The highest BCUT2D eigenvalue weighted by Crippen LogP contribution is 2.21. The van der Waals surface area contributed by atoms with Gasteiger partial charge in [-0.2, -0.15) is 0 Å². The molecule has 8 heteroatoms. The van der Waals surface area contributed by atoms with Crippen molar-refractivity contribution < 1.29 is 14.6 Å². The number of carbonyl (C=O) groups is 1. The Labute approximate surface area is 184 Å². The lowest BCUT2D eigenvalue weighted by Gasteiger charge is -2.29. The highest BCUT2D eigenvalue weighted by molar-refractivity contribution is 7.10. The van der Waals surface area contributed by atoms with Crippen LogP contribution in [0.4, 0.5) is 5.82 Å². The van der Waals surface area contributed by atoms with Crippen LogP contribution in [0.3, 0.4) is 0 Å². The number of aromatic nitrogens is 2. The minimum Gasteiger partial charge on any atom is -0.478 e. The van der Waals surface area contributed by atoms with Crippen LogP contribution in [0.1, 0.15) is 28.5 Å². The molecule has 0 amide bonds. The van der Waals surface area contributed by atoms with Crippen molar-refractivity contribution in [2.75, 3.05) is 31.2 Å². The Hall–Kier alpha value is -2.97. The van der Waals surface area contributed by atoms with Crippen LogP contribution in [-0.2, 0) is 28.8 Å². The van der Waals surface area contributed by atoms with E-state index < -0.39 is 5.97 Å². The molecule has 0 bridgehead atoms. The Balaban J connectivity index is 1.69. The zero-order chi connectivity index (χ0) is 21.8. The van der Waals surface area contributed by atoms with Crippen LogP contribution >= 0.6 is 11.3 Å². The second-order valence-electron chi connectivity index (χ2n) is 7.46. The zero-order valence-electron chi connectivity index (χ0n) is 17.4. The maximum Gasteiger partial charge on any atom is 0.328 e. The van der Waals surface area contributed by atoms with Gasteiger partial charge in [-0.25, -0.2) is 9.78 Å². The first-order valence-corrected chi connectivity index (χ1v) is 11.3. The van der Waals surface area contributed by atoms with Crippen molar-refractivity contribution in [1.82, 2.24) is 9.38 Å². The predicted molar refractivity (Wildman–Crippen MR) is 122 cm³/mol. The first-order chi connectivity index (χ1) is 15.0. The Morgan fingerprint density at radius 1 is 1.26 bits per heavy atom. The van der Waals surface area contributed by atoms with Gasteiger partial charge in [-0.05, 0) is 60.0 Å². The fourth-order valence-corrected chi connectivity index (χ4v) is 4.64. The van der Waals surface area contributed by atoms with Crippen molar-refractivity contribution in [2.24, 2.45) is 0 Å². The van der Waals surface area contributed by atoms with Gasteiger partial charge in [-0.15, -0.1) is 11.3 Å². The average molecular weight is 440 g/mol. The molecule has 1 fully saturated rings. The molecule has 31 heavy (non-hydrogen) atoms. The Kier molecular flexibility index (Phi) is 6.48. The van der Waals surface area contributed by atoms with Crippen molar-refractivity contribution in [3.05, 3.63) is 67.8 Å². The summed E-state index contributed by atoms with van der Waals surface area (Å²) >= 11 is 1.79. The lowest BCUT2D eigenvalue weighted by Crippen LogP contribution is -2.38. The molecule has 1 N–H and O–H groups in total. The van der Waals surface area contributed by atoms with E-state index in [1.54, 1.807) is 17.5 Å². The smallest absolute Gasteiger partial charge is 0.328 e.